The molecule has 0 aliphatic heterocycles. The van der Waals surface area contributed by atoms with Crippen LogP contribution in [-0.4, -0.2) is 30.3 Å². The molecule has 1 aromatic carbocycles. The third-order valence-corrected chi connectivity index (χ3v) is 2.28. The summed E-state index contributed by atoms with van der Waals surface area (Å²) in [6.07, 6.45) is -4.45. The summed E-state index contributed by atoms with van der Waals surface area (Å²) in [6, 6.07) is 4.75. The number of aryl methyl sites for hydroxylation is 1. The van der Waals surface area contributed by atoms with E-state index in [1.165, 1.54) is 6.07 Å². The number of hydrogen-bond donors (Lipinski definition) is 1. The minimum absolute atomic E-state index is 0.397. The molecule has 1 N–H and O–H groups in total. The Morgan fingerprint density at radius 2 is 2.20 bits per heavy atom. The number of nitrogens with one attached hydrogen (secondary N) is 1. The number of hydrogen-bond acceptors (Lipinski definition) is 4. The van der Waals surface area contributed by atoms with Gasteiger partial charge in [-0.25, -0.2) is 4.98 Å². The lowest BCUT2D eigenvalue weighted by atomic mass is 10.3. The van der Waals surface area contributed by atoms with Crippen LogP contribution < -0.4 is 5.32 Å². The predicted molar refractivity (Wildman–Crippen MR) is 64.2 cm³/mol. The first-order chi connectivity index (χ1) is 9.33. The van der Waals surface area contributed by atoms with Crippen LogP contribution in [0.2, 0.25) is 0 Å². The third kappa shape index (κ3) is 3.95. The van der Waals surface area contributed by atoms with Crippen LogP contribution in [0.25, 0.3) is 11.1 Å². The minimum Gasteiger partial charge on any atom is -0.441 e. The van der Waals surface area contributed by atoms with Crippen molar-refractivity contribution in [2.45, 2.75) is 13.1 Å². The maximum absolute atomic E-state index is 11.8. The first-order valence-corrected chi connectivity index (χ1v) is 5.65. The van der Waals surface area contributed by atoms with Crippen LogP contribution in [0.4, 0.5) is 18.9 Å². The van der Waals surface area contributed by atoms with Gasteiger partial charge in [-0.3, -0.25) is 4.79 Å². The molecule has 0 spiro atoms. The predicted octanol–water partition coefficient (Wildman–Crippen LogP) is 2.65. The fraction of sp³-hybridized carbons (Fsp3) is 0.333. The SMILES string of the molecule is Cc1nc2ccc(NC(=O)COCC(F)(F)F)cc2o1. The van der Waals surface area contributed by atoms with Crippen LogP contribution in [-0.2, 0) is 9.53 Å². The van der Waals surface area contributed by atoms with Gasteiger partial charge in [0.25, 0.3) is 0 Å². The molecule has 0 aliphatic carbocycles. The molecule has 0 aliphatic rings. The van der Waals surface area contributed by atoms with Gasteiger partial charge in [-0.05, 0) is 12.1 Å². The number of carbonyl (C=O) groups is 1. The van der Waals surface area contributed by atoms with Gasteiger partial charge < -0.3 is 14.5 Å². The Labute approximate surface area is 111 Å². The Bertz CT molecular complexity index is 622. The van der Waals surface area contributed by atoms with Gasteiger partial charge in [0, 0.05) is 18.7 Å². The molecule has 2 aromatic rings. The van der Waals surface area contributed by atoms with Crippen LogP contribution in [0.15, 0.2) is 22.6 Å². The summed E-state index contributed by atoms with van der Waals surface area (Å²) in [4.78, 5) is 15.5. The van der Waals surface area contributed by atoms with E-state index in [9.17, 15) is 18.0 Å². The topological polar surface area (TPSA) is 64.4 Å². The molecule has 2 rings (SSSR count). The van der Waals surface area contributed by atoms with Gasteiger partial charge in [0.05, 0.1) is 0 Å². The molecule has 5 nitrogen and oxygen atoms in total. The molecule has 1 heterocycles. The second kappa shape index (κ2) is 5.49. The van der Waals surface area contributed by atoms with E-state index in [2.05, 4.69) is 15.0 Å². The van der Waals surface area contributed by atoms with E-state index < -0.39 is 25.3 Å². The lowest BCUT2D eigenvalue weighted by Gasteiger charge is -2.08. The number of carbonyl (C=O) groups excluding carboxylic acids is 1. The molecule has 0 fully saturated rings. The normalized spacial score (nSPS) is 11.8. The monoisotopic (exact) mass is 288 g/mol. The lowest BCUT2D eigenvalue weighted by molar-refractivity contribution is -0.174. The lowest BCUT2D eigenvalue weighted by Crippen LogP contribution is -2.23. The highest BCUT2D eigenvalue weighted by Crippen LogP contribution is 2.20. The fourth-order valence-electron chi connectivity index (χ4n) is 1.57. The highest BCUT2D eigenvalue weighted by atomic mass is 19.4. The summed E-state index contributed by atoms with van der Waals surface area (Å²) in [5.41, 5.74) is 1.51. The molecule has 0 saturated heterocycles. The molecule has 0 atom stereocenters. The maximum atomic E-state index is 11.8. The standard InChI is InChI=1S/C12H11F3N2O3/c1-7-16-9-3-2-8(4-10(9)20-7)17-11(18)5-19-6-12(13,14)15/h2-4H,5-6H2,1H3,(H,17,18). The molecule has 1 aromatic heterocycles. The van der Waals surface area contributed by atoms with Crippen molar-refractivity contribution < 1.29 is 27.1 Å². The zero-order valence-corrected chi connectivity index (χ0v) is 10.5. The van der Waals surface area contributed by atoms with Crippen molar-refractivity contribution in [3.63, 3.8) is 0 Å². The van der Waals surface area contributed by atoms with E-state index in [1.54, 1.807) is 19.1 Å². The zero-order valence-electron chi connectivity index (χ0n) is 10.5. The largest absolute Gasteiger partial charge is 0.441 e. The smallest absolute Gasteiger partial charge is 0.411 e. The van der Waals surface area contributed by atoms with E-state index >= 15 is 0 Å². The van der Waals surface area contributed by atoms with Crippen LogP contribution in [0.5, 0.6) is 0 Å². The second-order valence-electron chi connectivity index (χ2n) is 4.07. The quantitative estimate of drug-likeness (QED) is 0.939. The highest BCUT2D eigenvalue weighted by Gasteiger charge is 2.27. The number of aromatic nitrogens is 1. The van der Waals surface area contributed by atoms with Crippen molar-refractivity contribution >= 4 is 22.7 Å². The van der Waals surface area contributed by atoms with Gasteiger partial charge in [0.2, 0.25) is 5.91 Å². The maximum Gasteiger partial charge on any atom is 0.411 e. The van der Waals surface area contributed by atoms with Crippen LogP contribution >= 0.6 is 0 Å². The van der Waals surface area contributed by atoms with Gasteiger partial charge >= 0.3 is 6.18 Å². The summed E-state index contributed by atoms with van der Waals surface area (Å²) < 4.78 is 45.0. The second-order valence-corrected chi connectivity index (χ2v) is 4.07. The van der Waals surface area contributed by atoms with Gasteiger partial charge in [0.15, 0.2) is 11.5 Å². The number of benzene rings is 1. The summed E-state index contributed by atoms with van der Waals surface area (Å²) in [5, 5.41) is 2.41. The fourth-order valence-corrected chi connectivity index (χ4v) is 1.57. The molecular weight excluding hydrogens is 277 g/mol. The summed E-state index contributed by atoms with van der Waals surface area (Å²) in [7, 11) is 0. The van der Waals surface area contributed by atoms with E-state index in [1.807, 2.05) is 0 Å². The van der Waals surface area contributed by atoms with E-state index in [0.717, 1.165) is 0 Å². The Hall–Kier alpha value is -2.09. The van der Waals surface area contributed by atoms with Crippen molar-refractivity contribution in [1.82, 2.24) is 4.98 Å². The van der Waals surface area contributed by atoms with Crippen molar-refractivity contribution in [3.05, 3.63) is 24.1 Å². The van der Waals surface area contributed by atoms with Crippen molar-refractivity contribution in [3.8, 4) is 0 Å². The van der Waals surface area contributed by atoms with Gasteiger partial charge in [-0.2, -0.15) is 13.2 Å². The summed E-state index contributed by atoms with van der Waals surface area (Å²) in [6.45, 7) is -0.447. The number of rotatable bonds is 4. The van der Waals surface area contributed by atoms with Crippen molar-refractivity contribution in [2.75, 3.05) is 18.5 Å². The van der Waals surface area contributed by atoms with Crippen LogP contribution in [0.3, 0.4) is 0 Å². The summed E-state index contributed by atoms with van der Waals surface area (Å²) >= 11 is 0. The zero-order chi connectivity index (χ0) is 14.8. The van der Waals surface area contributed by atoms with Gasteiger partial charge in [-0.15, -0.1) is 0 Å². The summed E-state index contributed by atoms with van der Waals surface area (Å²) in [5.74, 6) is -0.193. The number of ether oxygens (including phenoxy) is 1. The average molecular weight is 288 g/mol. The van der Waals surface area contributed by atoms with Crippen LogP contribution in [0, 0.1) is 6.92 Å². The Kier molecular flexibility index (Phi) is 3.93. The van der Waals surface area contributed by atoms with Crippen LogP contribution in [0.1, 0.15) is 5.89 Å². The molecule has 0 unspecified atom stereocenters. The molecule has 108 valence electrons. The molecule has 20 heavy (non-hydrogen) atoms. The molecule has 0 radical (unpaired) electrons. The molecule has 0 saturated carbocycles. The molecule has 8 heteroatoms. The number of fused-ring (bicyclic) bond motifs is 1. The number of alkyl halides is 3. The number of anilines is 1. The molecular formula is C12H11F3N2O3. The van der Waals surface area contributed by atoms with Crippen molar-refractivity contribution in [1.29, 1.82) is 0 Å². The minimum atomic E-state index is -4.45. The van der Waals surface area contributed by atoms with E-state index in [4.69, 9.17) is 4.42 Å². The Morgan fingerprint density at radius 1 is 1.45 bits per heavy atom. The van der Waals surface area contributed by atoms with E-state index in [-0.39, 0.29) is 0 Å². The molecule has 0 bridgehead atoms. The average Bonchev–Trinajstić information content (AvgIpc) is 2.66. The third-order valence-electron chi connectivity index (χ3n) is 2.28. The number of halogens is 3. The Morgan fingerprint density at radius 3 is 2.90 bits per heavy atom. The van der Waals surface area contributed by atoms with Gasteiger partial charge in [0.1, 0.15) is 18.7 Å². The number of oxazole rings is 1. The highest BCUT2D eigenvalue weighted by molar-refractivity contribution is 5.93. The Balaban J connectivity index is 1.92. The first kappa shape index (κ1) is 14.3. The van der Waals surface area contributed by atoms with Crippen molar-refractivity contribution in [2.24, 2.45) is 0 Å². The first-order valence-electron chi connectivity index (χ1n) is 5.65. The van der Waals surface area contributed by atoms with Gasteiger partial charge in [-0.1, -0.05) is 0 Å². The number of amides is 1. The number of nitrogens with zero attached hydrogens (tertiary/aromatic N) is 1. The van der Waals surface area contributed by atoms with E-state index in [0.29, 0.717) is 22.7 Å². The molecule has 1 amide bonds.